The van der Waals surface area contributed by atoms with Gasteiger partial charge in [-0.25, -0.2) is 79.8 Å². The molecular weight excluding hydrogens is 1800 g/mol. The lowest BCUT2D eigenvalue weighted by Crippen LogP contribution is -2.10. The van der Waals surface area contributed by atoms with Gasteiger partial charge < -0.3 is 64.3 Å². The van der Waals surface area contributed by atoms with E-state index in [1.165, 1.54) is 17.7 Å². The van der Waals surface area contributed by atoms with Crippen molar-refractivity contribution < 1.29 is 43.0 Å². The number of aliphatic hydroxyl groups excluding tert-OH is 1. The Labute approximate surface area is 775 Å². The molecule has 0 fully saturated rings. The summed E-state index contributed by atoms with van der Waals surface area (Å²) >= 11 is 31.9. The largest absolute Gasteiger partial charge is 0.485 e. The van der Waals surface area contributed by atoms with E-state index in [9.17, 15) is 5.11 Å². The van der Waals surface area contributed by atoms with Crippen LogP contribution in [0.5, 0.6) is 23.0 Å². The number of ether oxygens (including phenoxy) is 8. The predicted molar refractivity (Wildman–Crippen MR) is 510 cm³/mol. The molecule has 0 amide bonds. The Morgan fingerprint density at radius 1 is 0.326 bits per heavy atom. The van der Waals surface area contributed by atoms with Crippen LogP contribution in [0.25, 0.3) is 43.6 Å². The monoisotopic (exact) mass is 1880 g/mol. The van der Waals surface area contributed by atoms with E-state index in [2.05, 4.69) is 119 Å². The molecule has 0 radical (unpaired) electrons. The van der Waals surface area contributed by atoms with E-state index in [0.717, 1.165) is 126 Å². The summed E-state index contributed by atoms with van der Waals surface area (Å²) in [5.74, 6) is 8.10. The number of nitrogens with one attached hydrogen (secondary N) is 4. The number of benzene rings is 8. The van der Waals surface area contributed by atoms with Gasteiger partial charge in [0.15, 0.2) is 23.6 Å². The molecule has 0 saturated heterocycles. The average Bonchev–Trinajstić information content (AvgIpc) is 1.01. The summed E-state index contributed by atoms with van der Waals surface area (Å²) in [5.41, 5.74) is 10.8. The summed E-state index contributed by atoms with van der Waals surface area (Å²) < 4.78 is 45.6. The molecule has 4 atom stereocenters. The molecule has 12 heterocycles. The molecule has 20 rings (SSSR count). The maximum Gasteiger partial charge on any atom is 0.188 e. The number of thiazole rings is 4. The predicted octanol–water partition coefficient (Wildman–Crippen LogP) is 20.7. The highest BCUT2D eigenvalue weighted by Gasteiger charge is 2.23. The first kappa shape index (κ1) is 88.1. The minimum Gasteiger partial charge on any atom is -0.485 e. The average molecular weight is 1880 g/mol. The van der Waals surface area contributed by atoms with Crippen LogP contribution in [0.3, 0.4) is 0 Å². The lowest BCUT2D eigenvalue weighted by Gasteiger charge is -2.12. The molecule has 654 valence electrons. The summed E-state index contributed by atoms with van der Waals surface area (Å²) in [7, 11) is 0. The van der Waals surface area contributed by atoms with Crippen LogP contribution in [0, 0.1) is 0 Å². The Bertz CT molecular complexity index is 6260. The number of halogens is 4. The van der Waals surface area contributed by atoms with E-state index in [0.29, 0.717) is 151 Å². The van der Waals surface area contributed by atoms with Gasteiger partial charge in [0.05, 0.1) is 66.9 Å². The van der Waals surface area contributed by atoms with Gasteiger partial charge in [0.25, 0.3) is 0 Å². The minimum absolute atomic E-state index is 0.0135. The number of hydrogen-bond acceptors (Lipinski definition) is 33. The molecule has 0 aliphatic carbocycles. The molecule has 4 aliphatic rings. The van der Waals surface area contributed by atoms with Gasteiger partial charge in [0, 0.05) is 116 Å². The van der Waals surface area contributed by atoms with Crippen molar-refractivity contribution in [2.24, 2.45) is 20.0 Å². The number of fused-ring (bicyclic) bond motifs is 4. The van der Waals surface area contributed by atoms with Crippen molar-refractivity contribution in [1.82, 2.24) is 59.8 Å². The number of anilines is 8. The molecule has 0 bridgehead atoms. The van der Waals surface area contributed by atoms with Gasteiger partial charge in [-0.3, -0.25) is 0 Å². The molecule has 8 aromatic carbocycles. The van der Waals surface area contributed by atoms with Gasteiger partial charge in [-0.2, -0.15) is 0 Å². The molecule has 5 N–H and O–H groups in total. The third kappa shape index (κ3) is 23.7. The molecule has 29 nitrogen and oxygen atoms in total. The second kappa shape index (κ2) is 42.3. The van der Waals surface area contributed by atoms with E-state index in [1.807, 2.05) is 164 Å². The molecule has 0 spiro atoms. The third-order valence-electron chi connectivity index (χ3n) is 19.9. The summed E-state index contributed by atoms with van der Waals surface area (Å²) in [6.07, 6.45) is 15.6. The zero-order valence-corrected chi connectivity index (χ0v) is 75.6. The van der Waals surface area contributed by atoms with Gasteiger partial charge >= 0.3 is 0 Å². The summed E-state index contributed by atoms with van der Waals surface area (Å²) in [4.78, 5) is 70.1. The Kier molecular flexibility index (Phi) is 28.9. The molecule has 129 heavy (non-hydrogen) atoms. The first-order chi connectivity index (χ1) is 63.1. The van der Waals surface area contributed by atoms with E-state index in [4.69, 9.17) is 84.3 Å². The molecule has 0 saturated carbocycles. The Hall–Kier alpha value is -13.0. The van der Waals surface area contributed by atoms with Gasteiger partial charge in [0.2, 0.25) is 0 Å². The highest BCUT2D eigenvalue weighted by Crippen LogP contribution is 2.38. The normalized spacial score (nSPS) is 15.4. The van der Waals surface area contributed by atoms with Gasteiger partial charge in [-0.1, -0.05) is 70.7 Å². The zero-order chi connectivity index (χ0) is 88.4. The SMILES string of the molecule is CC1COC(Cc2ccc3ncnc(Nc4ccc(OCc5nccs5)c(Cl)c4)c3c2)=N1.C[C@@H]1COC(Cc2ccc3ncnc(Nc4ccc(OCc5nccs5)c(Cl)c4)c3c2)=N1.C[C@H]1COC(Cc2ccc3ncnc(Nc4ccc(OCc5nccs5)c(Cl)c4)c3c2)=N1.OCC1COC(Cc2ccc3ncnc(Nc4ccc(OCc5nccs5)c(Cl)c4)c3c2)=N1. The highest BCUT2D eigenvalue weighted by molar-refractivity contribution is 7.10. The number of aliphatic hydroxyl groups is 1. The number of aliphatic imine (C=N–C) groups is 4. The zero-order valence-electron chi connectivity index (χ0n) is 69.3. The maximum atomic E-state index is 9.25. The van der Waals surface area contributed by atoms with Crippen LogP contribution in [0.2, 0.25) is 20.1 Å². The molecular formula is C92H80Cl4N20O9S4. The van der Waals surface area contributed by atoms with Crippen molar-refractivity contribution in [3.63, 3.8) is 0 Å². The summed E-state index contributed by atoms with van der Waals surface area (Å²) in [6.45, 7) is 10.00. The first-order valence-electron chi connectivity index (χ1n) is 40.7. The van der Waals surface area contributed by atoms with Crippen LogP contribution >= 0.6 is 91.8 Å². The maximum absolute atomic E-state index is 9.25. The van der Waals surface area contributed by atoms with E-state index in [-0.39, 0.29) is 30.8 Å². The molecule has 16 aromatic rings. The quantitative estimate of drug-likeness (QED) is 0.0291. The number of aromatic nitrogens is 12. The number of rotatable bonds is 29. The standard InChI is InChI=1S/C23H20ClN5O3S.3C23H20ClN5O2S/c24-18-9-15(2-4-20(18)31-12-22-25-5-6-33-22)29-23-17-7-14(1-3-19(17)26-13-27-23)8-21-28-16(10-30)11-32-21;3*1-14-11-31-21(28-14)9-15-2-4-19-17(8-15)23(27-13-26-19)29-16-3-5-20(18(24)10-16)30-12-22-25-6-7-32-22/h1-7,9,13,16,30H,8,10-12H2,(H,26,27,29);3*2-8,10,13-14H,9,11-12H2,1H3,(H,26,27,29)/t;2*14-;/m.10./s1. The van der Waals surface area contributed by atoms with Crippen LogP contribution in [0.15, 0.2) is 237 Å². The first-order valence-corrected chi connectivity index (χ1v) is 45.8. The molecule has 4 aliphatic heterocycles. The molecule has 2 unspecified atom stereocenters. The second-order valence-corrected chi connectivity index (χ2v) is 35.2. The van der Waals surface area contributed by atoms with Crippen LogP contribution in [0.1, 0.15) is 63.1 Å². The summed E-state index contributed by atoms with van der Waals surface area (Å²) in [6, 6.07) is 46.9. The Balaban J connectivity index is 0.000000121. The second-order valence-electron chi connectivity index (χ2n) is 29.7. The lowest BCUT2D eigenvalue weighted by atomic mass is 10.1. The van der Waals surface area contributed by atoms with Gasteiger partial charge in [-0.15, -0.1) is 45.3 Å². The van der Waals surface area contributed by atoms with Crippen molar-refractivity contribution in [2.45, 2.75) is 97.0 Å². The Morgan fingerprint density at radius 3 is 0.814 bits per heavy atom. The van der Waals surface area contributed by atoms with E-state index >= 15 is 0 Å². The Morgan fingerprint density at radius 2 is 0.589 bits per heavy atom. The molecule has 37 heteroatoms. The third-order valence-corrected chi connectivity index (χ3v) is 24.1. The topological polar surface area (TPSA) is 346 Å². The van der Waals surface area contributed by atoms with Crippen molar-refractivity contribution in [3.05, 3.63) is 280 Å². The van der Waals surface area contributed by atoms with Crippen LogP contribution in [-0.2, 0) is 71.1 Å². The van der Waals surface area contributed by atoms with E-state index in [1.54, 1.807) is 83.8 Å². The minimum atomic E-state index is -0.181. The van der Waals surface area contributed by atoms with Crippen LogP contribution in [0.4, 0.5) is 46.0 Å². The fourth-order valence-electron chi connectivity index (χ4n) is 13.7. The van der Waals surface area contributed by atoms with Crippen LogP contribution < -0.4 is 40.2 Å². The number of nitrogens with zero attached hydrogens (tertiary/aromatic N) is 16. The van der Waals surface area contributed by atoms with Crippen molar-refractivity contribution in [1.29, 1.82) is 0 Å². The van der Waals surface area contributed by atoms with Gasteiger partial charge in [-0.05, 0) is 164 Å². The smallest absolute Gasteiger partial charge is 0.188 e. The highest BCUT2D eigenvalue weighted by atomic mass is 35.5. The fraction of sp³-hybridized carbons (Fsp3) is 0.217. The molecule has 8 aromatic heterocycles. The van der Waals surface area contributed by atoms with Crippen molar-refractivity contribution in [2.75, 3.05) is 54.3 Å². The van der Waals surface area contributed by atoms with E-state index < -0.39 is 0 Å². The van der Waals surface area contributed by atoms with Crippen LogP contribution in [-0.4, -0.2) is 146 Å². The van der Waals surface area contributed by atoms with Gasteiger partial charge in [0.1, 0.15) is 151 Å². The number of hydrogen-bond donors (Lipinski definition) is 5. The summed E-state index contributed by atoms with van der Waals surface area (Å²) in [5, 5.41) is 39.5. The van der Waals surface area contributed by atoms with Crippen molar-refractivity contribution in [3.8, 4) is 23.0 Å². The lowest BCUT2D eigenvalue weighted by molar-refractivity contribution is 0.226. The van der Waals surface area contributed by atoms with Crippen molar-refractivity contribution >= 4 is 205 Å². The fourth-order valence-corrected chi connectivity index (χ4v) is 16.7.